The van der Waals surface area contributed by atoms with E-state index in [1.165, 1.54) is 0 Å². The van der Waals surface area contributed by atoms with E-state index in [0.717, 1.165) is 0 Å². The summed E-state index contributed by atoms with van der Waals surface area (Å²) in [5.74, 6) is 0.482. The zero-order chi connectivity index (χ0) is 9.61. The van der Waals surface area contributed by atoms with Gasteiger partial charge in [0, 0.05) is 0 Å². The van der Waals surface area contributed by atoms with Gasteiger partial charge in [0.2, 0.25) is 10.0 Å². The molecule has 0 aromatic heterocycles. The van der Waals surface area contributed by atoms with Gasteiger partial charge in [0.1, 0.15) is 0 Å². The number of aliphatic carboxylic acids is 1. The highest BCUT2D eigenvalue weighted by atomic mass is 32.2. The molecule has 0 saturated heterocycles. The standard InChI is InChI=1S/C6H9NO4S/c1-2-4-7-12(10,11)5-3-6(8)9/h1,7H,3-5H2,(H,8,9). The summed E-state index contributed by atoms with van der Waals surface area (Å²) in [6.45, 7) is -0.109. The van der Waals surface area contributed by atoms with Crippen LogP contribution in [0.4, 0.5) is 0 Å². The third kappa shape index (κ3) is 5.70. The molecule has 0 aromatic rings. The molecule has 68 valence electrons. The van der Waals surface area contributed by atoms with Crippen LogP contribution in [-0.4, -0.2) is 31.8 Å². The van der Waals surface area contributed by atoms with Gasteiger partial charge in [-0.05, 0) is 0 Å². The molecule has 0 spiro atoms. The van der Waals surface area contributed by atoms with Crippen molar-refractivity contribution in [1.29, 1.82) is 0 Å². The van der Waals surface area contributed by atoms with E-state index in [4.69, 9.17) is 11.5 Å². The molecular weight excluding hydrogens is 182 g/mol. The molecule has 0 rings (SSSR count). The van der Waals surface area contributed by atoms with E-state index in [-0.39, 0.29) is 6.54 Å². The largest absolute Gasteiger partial charge is 0.481 e. The molecule has 12 heavy (non-hydrogen) atoms. The number of carboxylic acid groups (broad SMARTS) is 1. The van der Waals surface area contributed by atoms with Crippen LogP contribution < -0.4 is 4.72 Å². The highest BCUT2D eigenvalue weighted by molar-refractivity contribution is 7.89. The molecule has 0 saturated carbocycles. The topological polar surface area (TPSA) is 83.5 Å². The van der Waals surface area contributed by atoms with Gasteiger partial charge in [-0.25, -0.2) is 13.1 Å². The lowest BCUT2D eigenvalue weighted by molar-refractivity contribution is -0.136. The molecule has 0 aliphatic rings. The van der Waals surface area contributed by atoms with Crippen LogP contribution >= 0.6 is 0 Å². The number of carbonyl (C=O) groups is 1. The molecule has 0 aliphatic carbocycles. The van der Waals surface area contributed by atoms with Gasteiger partial charge in [0.25, 0.3) is 0 Å². The summed E-state index contributed by atoms with van der Waals surface area (Å²) in [4.78, 5) is 9.99. The Kier molecular flexibility index (Phi) is 4.33. The fourth-order valence-corrected chi connectivity index (χ4v) is 1.34. The van der Waals surface area contributed by atoms with Crippen LogP contribution in [0, 0.1) is 12.3 Å². The van der Waals surface area contributed by atoms with Gasteiger partial charge in [-0.1, -0.05) is 5.92 Å². The zero-order valence-electron chi connectivity index (χ0n) is 6.28. The first-order valence-corrected chi connectivity index (χ1v) is 4.76. The Morgan fingerprint density at radius 2 is 2.17 bits per heavy atom. The van der Waals surface area contributed by atoms with E-state index in [2.05, 4.69) is 5.92 Å². The van der Waals surface area contributed by atoms with Gasteiger partial charge in [0.05, 0.1) is 18.7 Å². The van der Waals surface area contributed by atoms with Crippen LogP contribution in [0.5, 0.6) is 0 Å². The average Bonchev–Trinajstić information content (AvgIpc) is 1.98. The van der Waals surface area contributed by atoms with Crippen molar-refractivity contribution in [2.24, 2.45) is 0 Å². The van der Waals surface area contributed by atoms with Crippen molar-refractivity contribution in [1.82, 2.24) is 4.72 Å². The molecule has 0 aromatic carbocycles. The van der Waals surface area contributed by atoms with Crippen molar-refractivity contribution in [2.75, 3.05) is 12.3 Å². The lowest BCUT2D eigenvalue weighted by Crippen LogP contribution is -2.27. The third-order valence-corrected chi connectivity index (χ3v) is 2.30. The Bertz CT molecular complexity index is 287. The maximum atomic E-state index is 10.8. The summed E-state index contributed by atoms with van der Waals surface area (Å²) >= 11 is 0. The lowest BCUT2D eigenvalue weighted by Gasteiger charge is -2.00. The predicted molar refractivity (Wildman–Crippen MR) is 42.9 cm³/mol. The number of carboxylic acids is 1. The van der Waals surface area contributed by atoms with E-state index in [1.807, 2.05) is 4.72 Å². The Hall–Kier alpha value is -1.06. The van der Waals surface area contributed by atoms with Crippen LogP contribution in [0.15, 0.2) is 0 Å². The number of nitrogens with one attached hydrogen (secondary N) is 1. The second-order valence-corrected chi connectivity index (χ2v) is 3.91. The fraction of sp³-hybridized carbons (Fsp3) is 0.500. The van der Waals surface area contributed by atoms with Gasteiger partial charge >= 0.3 is 5.97 Å². The van der Waals surface area contributed by atoms with E-state index in [0.29, 0.717) is 0 Å². The van der Waals surface area contributed by atoms with E-state index in [9.17, 15) is 13.2 Å². The molecule has 0 bridgehead atoms. The monoisotopic (exact) mass is 191 g/mol. The first-order chi connectivity index (χ1) is 5.48. The SMILES string of the molecule is C#CCNS(=O)(=O)CCC(=O)O. The average molecular weight is 191 g/mol. The van der Waals surface area contributed by atoms with Gasteiger partial charge in [-0.3, -0.25) is 4.79 Å². The molecule has 0 unspecified atom stereocenters. The zero-order valence-corrected chi connectivity index (χ0v) is 7.10. The number of hydrogen-bond acceptors (Lipinski definition) is 3. The molecule has 0 aliphatic heterocycles. The molecule has 0 amide bonds. The fourth-order valence-electron chi connectivity index (χ4n) is 0.445. The minimum absolute atomic E-state index is 0.109. The summed E-state index contributed by atoms with van der Waals surface area (Å²) in [5.41, 5.74) is 0. The summed E-state index contributed by atoms with van der Waals surface area (Å²) in [7, 11) is -3.51. The summed E-state index contributed by atoms with van der Waals surface area (Å²) in [5, 5.41) is 8.17. The van der Waals surface area contributed by atoms with Gasteiger partial charge in [-0.15, -0.1) is 6.42 Å². The van der Waals surface area contributed by atoms with Crippen molar-refractivity contribution in [2.45, 2.75) is 6.42 Å². The van der Waals surface area contributed by atoms with E-state index in [1.54, 1.807) is 0 Å². The van der Waals surface area contributed by atoms with Crippen molar-refractivity contribution in [3.05, 3.63) is 0 Å². The molecule has 5 nitrogen and oxygen atoms in total. The summed E-state index contributed by atoms with van der Waals surface area (Å²) in [6, 6.07) is 0. The van der Waals surface area contributed by atoms with Crippen molar-refractivity contribution >= 4 is 16.0 Å². The van der Waals surface area contributed by atoms with Crippen molar-refractivity contribution in [3.63, 3.8) is 0 Å². The van der Waals surface area contributed by atoms with Gasteiger partial charge in [0.15, 0.2) is 0 Å². The predicted octanol–water partition coefficient (Wildman–Crippen LogP) is -0.986. The number of terminal acetylenes is 1. The van der Waals surface area contributed by atoms with Gasteiger partial charge < -0.3 is 5.11 Å². The Labute approximate surface area is 70.8 Å². The molecule has 0 atom stereocenters. The van der Waals surface area contributed by atoms with E-state index >= 15 is 0 Å². The third-order valence-electron chi connectivity index (χ3n) is 0.979. The van der Waals surface area contributed by atoms with E-state index < -0.39 is 28.2 Å². The maximum absolute atomic E-state index is 10.8. The molecule has 0 heterocycles. The normalized spacial score (nSPS) is 10.6. The number of rotatable bonds is 5. The second-order valence-electron chi connectivity index (χ2n) is 1.99. The molecule has 0 fully saturated rings. The molecule has 0 radical (unpaired) electrons. The lowest BCUT2D eigenvalue weighted by atomic mass is 10.5. The summed E-state index contributed by atoms with van der Waals surface area (Å²) in [6.07, 6.45) is 4.38. The quantitative estimate of drug-likeness (QED) is 0.547. The first-order valence-electron chi connectivity index (χ1n) is 3.10. The highest BCUT2D eigenvalue weighted by Gasteiger charge is 2.10. The molecule has 6 heteroatoms. The minimum Gasteiger partial charge on any atom is -0.481 e. The Morgan fingerprint density at radius 1 is 1.58 bits per heavy atom. The maximum Gasteiger partial charge on any atom is 0.304 e. The van der Waals surface area contributed by atoms with Crippen LogP contribution in [0.1, 0.15) is 6.42 Å². The van der Waals surface area contributed by atoms with Crippen LogP contribution in [-0.2, 0) is 14.8 Å². The minimum atomic E-state index is -3.51. The van der Waals surface area contributed by atoms with Crippen LogP contribution in [0.25, 0.3) is 0 Å². The van der Waals surface area contributed by atoms with Gasteiger partial charge in [-0.2, -0.15) is 0 Å². The van der Waals surface area contributed by atoms with Crippen LogP contribution in [0.2, 0.25) is 0 Å². The Balaban J connectivity index is 3.91. The van der Waals surface area contributed by atoms with Crippen molar-refractivity contribution < 1.29 is 18.3 Å². The second kappa shape index (κ2) is 4.74. The number of hydrogen-bond donors (Lipinski definition) is 2. The summed E-state index contributed by atoms with van der Waals surface area (Å²) < 4.78 is 23.7. The Morgan fingerprint density at radius 3 is 2.58 bits per heavy atom. The molecule has 2 N–H and O–H groups in total. The van der Waals surface area contributed by atoms with Crippen LogP contribution in [0.3, 0.4) is 0 Å². The number of sulfonamides is 1. The smallest absolute Gasteiger partial charge is 0.304 e. The molecular formula is C6H9NO4S. The first kappa shape index (κ1) is 10.9. The van der Waals surface area contributed by atoms with Crippen molar-refractivity contribution in [3.8, 4) is 12.3 Å². The highest BCUT2D eigenvalue weighted by Crippen LogP contribution is 1.88.